The van der Waals surface area contributed by atoms with Crippen LogP contribution in [-0.4, -0.2) is 48.5 Å². The number of benzene rings is 2. The molecule has 0 N–H and O–H groups in total. The minimum absolute atomic E-state index is 1.03. The van der Waals surface area contributed by atoms with Crippen LogP contribution >= 0.6 is 11.8 Å². The van der Waals surface area contributed by atoms with Crippen LogP contribution in [0, 0.1) is 6.92 Å². The van der Waals surface area contributed by atoms with Gasteiger partial charge in [0.1, 0.15) is 0 Å². The van der Waals surface area contributed by atoms with E-state index in [1.54, 1.807) is 0 Å². The number of aromatic nitrogens is 1. The van der Waals surface area contributed by atoms with Crippen LogP contribution in [0.2, 0.25) is 0 Å². The van der Waals surface area contributed by atoms with Crippen molar-refractivity contribution in [1.82, 2.24) is 9.88 Å². The zero-order chi connectivity index (χ0) is 21.2. The fourth-order valence-electron chi connectivity index (χ4n) is 4.57. The molecule has 0 aliphatic carbocycles. The smallest absolute Gasteiger partial charge is 0.0726 e. The van der Waals surface area contributed by atoms with Crippen molar-refractivity contribution >= 4 is 34.0 Å². The van der Waals surface area contributed by atoms with Gasteiger partial charge in [0.2, 0.25) is 0 Å². The van der Waals surface area contributed by atoms with Crippen LogP contribution in [0.4, 0.5) is 11.4 Å². The molecule has 0 amide bonds. The Bertz CT molecular complexity index is 1100. The summed E-state index contributed by atoms with van der Waals surface area (Å²) < 4.78 is 0. The molecule has 0 spiro atoms. The molecule has 3 aromatic rings. The van der Waals surface area contributed by atoms with Crippen LogP contribution in [0.25, 0.3) is 10.9 Å². The van der Waals surface area contributed by atoms with E-state index in [4.69, 9.17) is 4.98 Å². The third-order valence-electron chi connectivity index (χ3n) is 6.38. The molecular weight excluding hydrogens is 400 g/mol. The lowest BCUT2D eigenvalue weighted by Crippen LogP contribution is -2.47. The van der Waals surface area contributed by atoms with Gasteiger partial charge in [-0.05, 0) is 67.6 Å². The highest BCUT2D eigenvalue weighted by Gasteiger charge is 2.19. The van der Waals surface area contributed by atoms with E-state index in [1.807, 2.05) is 11.8 Å². The lowest BCUT2D eigenvalue weighted by Gasteiger charge is -2.36. The van der Waals surface area contributed by atoms with E-state index in [0.717, 1.165) is 56.2 Å². The molecule has 1 fully saturated rings. The van der Waals surface area contributed by atoms with Crippen molar-refractivity contribution < 1.29 is 0 Å². The molecule has 2 aromatic carbocycles. The van der Waals surface area contributed by atoms with Gasteiger partial charge in [-0.1, -0.05) is 18.2 Å². The molecule has 0 unspecified atom stereocenters. The highest BCUT2D eigenvalue weighted by atomic mass is 32.2. The van der Waals surface area contributed by atoms with Crippen molar-refractivity contribution in [3.05, 3.63) is 77.0 Å². The summed E-state index contributed by atoms with van der Waals surface area (Å²) in [6, 6.07) is 19.9. The molecule has 160 valence electrons. The number of piperazine rings is 1. The molecule has 5 rings (SSSR count). The maximum absolute atomic E-state index is 4.70. The largest absolute Gasteiger partial charge is 0.368 e. The fraction of sp³-hybridized carbons (Fsp3) is 0.346. The minimum Gasteiger partial charge on any atom is -0.368 e. The van der Waals surface area contributed by atoms with Gasteiger partial charge in [-0.15, -0.1) is 11.8 Å². The SMILES string of the molecule is CC1=CSCN1c1cccc(CCN2CCN(c3cccc4nc(C)ccc34)CC2)c1. The van der Waals surface area contributed by atoms with Crippen molar-refractivity contribution in [1.29, 1.82) is 0 Å². The van der Waals surface area contributed by atoms with Gasteiger partial charge in [0.05, 0.1) is 11.4 Å². The molecule has 1 aromatic heterocycles. The molecule has 0 atom stereocenters. The number of hydrogen-bond donors (Lipinski definition) is 0. The predicted octanol–water partition coefficient (Wildman–Crippen LogP) is 5.28. The molecule has 31 heavy (non-hydrogen) atoms. The summed E-state index contributed by atoms with van der Waals surface area (Å²) in [7, 11) is 0. The lowest BCUT2D eigenvalue weighted by molar-refractivity contribution is 0.261. The highest BCUT2D eigenvalue weighted by Crippen LogP contribution is 2.30. The first-order valence-electron chi connectivity index (χ1n) is 11.2. The molecular formula is C26H30N4S. The second-order valence-electron chi connectivity index (χ2n) is 8.53. The van der Waals surface area contributed by atoms with Gasteiger partial charge in [0.25, 0.3) is 0 Å². The third kappa shape index (κ3) is 4.43. The Labute approximate surface area is 189 Å². The van der Waals surface area contributed by atoms with Crippen molar-refractivity contribution in [3.8, 4) is 0 Å². The summed E-state index contributed by atoms with van der Waals surface area (Å²) in [6.45, 7) is 9.74. The van der Waals surface area contributed by atoms with Gasteiger partial charge in [-0.2, -0.15) is 0 Å². The Morgan fingerprint density at radius 3 is 2.58 bits per heavy atom. The van der Waals surface area contributed by atoms with Gasteiger partial charge in [-0.25, -0.2) is 0 Å². The van der Waals surface area contributed by atoms with E-state index in [0.29, 0.717) is 0 Å². The topological polar surface area (TPSA) is 22.6 Å². The quantitative estimate of drug-likeness (QED) is 0.548. The summed E-state index contributed by atoms with van der Waals surface area (Å²) in [5.74, 6) is 1.03. The normalized spacial score (nSPS) is 17.4. The third-order valence-corrected chi connectivity index (χ3v) is 7.30. The Kier molecular flexibility index (Phi) is 5.88. The second kappa shape index (κ2) is 8.93. The highest BCUT2D eigenvalue weighted by molar-refractivity contribution is 8.02. The maximum Gasteiger partial charge on any atom is 0.0726 e. The Morgan fingerprint density at radius 1 is 0.935 bits per heavy atom. The maximum atomic E-state index is 4.70. The molecule has 0 bridgehead atoms. The van der Waals surface area contributed by atoms with E-state index in [9.17, 15) is 0 Å². The molecule has 0 saturated carbocycles. The number of aryl methyl sites for hydroxylation is 1. The van der Waals surface area contributed by atoms with Gasteiger partial charge in [0.15, 0.2) is 0 Å². The van der Waals surface area contributed by atoms with Crippen molar-refractivity contribution in [3.63, 3.8) is 0 Å². The zero-order valence-corrected chi connectivity index (χ0v) is 19.2. The van der Waals surface area contributed by atoms with Crippen LogP contribution in [0.1, 0.15) is 18.2 Å². The number of nitrogens with zero attached hydrogens (tertiary/aromatic N) is 4. The summed E-state index contributed by atoms with van der Waals surface area (Å²) >= 11 is 1.87. The van der Waals surface area contributed by atoms with Gasteiger partial charge in [0, 0.05) is 60.9 Å². The first-order chi connectivity index (χ1) is 15.2. The minimum atomic E-state index is 1.03. The number of rotatable bonds is 5. The first kappa shape index (κ1) is 20.4. The van der Waals surface area contributed by atoms with E-state index < -0.39 is 0 Å². The zero-order valence-electron chi connectivity index (χ0n) is 18.4. The number of allylic oxidation sites excluding steroid dienone is 1. The molecule has 2 aliphatic rings. The van der Waals surface area contributed by atoms with Crippen LogP contribution in [0.15, 0.2) is 65.7 Å². The molecule has 1 saturated heterocycles. The van der Waals surface area contributed by atoms with Crippen LogP contribution in [0.3, 0.4) is 0 Å². The number of hydrogen-bond acceptors (Lipinski definition) is 5. The Balaban J connectivity index is 1.19. The average molecular weight is 431 g/mol. The van der Waals surface area contributed by atoms with E-state index >= 15 is 0 Å². The first-order valence-corrected chi connectivity index (χ1v) is 12.2. The monoisotopic (exact) mass is 430 g/mol. The Hall–Kier alpha value is -2.50. The molecule has 5 heteroatoms. The van der Waals surface area contributed by atoms with Crippen molar-refractivity contribution in [2.75, 3.05) is 48.4 Å². The standard InChI is InChI=1S/C26H30N4S/c1-20-9-10-24-25(27-20)7-4-8-26(24)29-15-13-28(14-16-29)12-11-22-5-3-6-23(17-22)30-19-31-18-21(30)2/h3-10,17-18H,11-16,19H2,1-2H3. The summed E-state index contributed by atoms with van der Waals surface area (Å²) in [6.07, 6.45) is 1.11. The second-order valence-corrected chi connectivity index (χ2v) is 9.36. The molecule has 3 heterocycles. The van der Waals surface area contributed by atoms with E-state index in [2.05, 4.69) is 88.6 Å². The number of pyridine rings is 1. The molecule has 0 radical (unpaired) electrons. The van der Waals surface area contributed by atoms with Gasteiger partial charge in [-0.3, -0.25) is 9.88 Å². The van der Waals surface area contributed by atoms with Gasteiger partial charge >= 0.3 is 0 Å². The van der Waals surface area contributed by atoms with Gasteiger partial charge < -0.3 is 9.80 Å². The lowest BCUT2D eigenvalue weighted by atomic mass is 10.1. The van der Waals surface area contributed by atoms with Crippen molar-refractivity contribution in [2.24, 2.45) is 0 Å². The predicted molar refractivity (Wildman–Crippen MR) is 134 cm³/mol. The van der Waals surface area contributed by atoms with E-state index in [1.165, 1.54) is 28.0 Å². The number of thioether (sulfide) groups is 1. The molecule has 4 nitrogen and oxygen atoms in total. The van der Waals surface area contributed by atoms with E-state index in [-0.39, 0.29) is 0 Å². The average Bonchev–Trinajstić information content (AvgIpc) is 3.23. The summed E-state index contributed by atoms with van der Waals surface area (Å²) in [4.78, 5) is 12.2. The summed E-state index contributed by atoms with van der Waals surface area (Å²) in [5, 5.41) is 3.52. The Morgan fingerprint density at radius 2 is 1.77 bits per heavy atom. The van der Waals surface area contributed by atoms with Crippen LogP contribution < -0.4 is 9.80 Å². The van der Waals surface area contributed by atoms with Crippen LogP contribution in [-0.2, 0) is 6.42 Å². The molecule has 2 aliphatic heterocycles. The van der Waals surface area contributed by atoms with Crippen molar-refractivity contribution in [2.45, 2.75) is 20.3 Å². The van der Waals surface area contributed by atoms with Crippen LogP contribution in [0.5, 0.6) is 0 Å². The fourth-order valence-corrected chi connectivity index (χ4v) is 5.52. The summed E-state index contributed by atoms with van der Waals surface area (Å²) in [5.41, 5.74) is 7.59. The number of anilines is 2. The number of fused-ring (bicyclic) bond motifs is 1.